The summed E-state index contributed by atoms with van der Waals surface area (Å²) in [6.45, 7) is 1.37. The number of esters is 2. The molecule has 8 nitrogen and oxygen atoms in total. The molecule has 0 saturated heterocycles. The van der Waals surface area contributed by atoms with Gasteiger partial charge in [0.1, 0.15) is 16.6 Å². The van der Waals surface area contributed by atoms with Gasteiger partial charge in [-0.1, -0.05) is 12.1 Å². The largest absolute Gasteiger partial charge is 0.462 e. The van der Waals surface area contributed by atoms with Gasteiger partial charge >= 0.3 is 11.9 Å². The van der Waals surface area contributed by atoms with E-state index in [1.165, 1.54) is 17.4 Å². The molecule has 9 heteroatoms. The lowest BCUT2D eigenvalue weighted by molar-refractivity contribution is -0.142. The number of hydrogen-bond acceptors (Lipinski definition) is 8. The van der Waals surface area contributed by atoms with E-state index in [9.17, 15) is 19.6 Å². The molecule has 33 heavy (non-hydrogen) atoms. The standard InChI is InChI=1S/C24H25N3O5S/c1-4-31-24(30)21-18-6-5-7-19(18)33-22(21)26-20(28)14-32-23(29)16(13-25)12-15-8-10-17(11-9-15)27(2)3/h8-12H,4-7,14H2,1-3H3,(H,26,28). The molecule has 0 bridgehead atoms. The Hall–Kier alpha value is -3.64. The van der Waals surface area contributed by atoms with Gasteiger partial charge < -0.3 is 19.7 Å². The smallest absolute Gasteiger partial charge is 0.349 e. The first-order chi connectivity index (χ1) is 15.8. The van der Waals surface area contributed by atoms with Crippen LogP contribution in [0.2, 0.25) is 0 Å². The highest BCUT2D eigenvalue weighted by molar-refractivity contribution is 7.17. The van der Waals surface area contributed by atoms with Crippen molar-refractivity contribution < 1.29 is 23.9 Å². The fraction of sp³-hybridized carbons (Fsp3) is 0.333. The summed E-state index contributed by atoms with van der Waals surface area (Å²) in [4.78, 5) is 40.1. The molecule has 1 heterocycles. The Labute approximate surface area is 196 Å². The molecular formula is C24H25N3O5S. The van der Waals surface area contributed by atoms with Crippen LogP contribution in [-0.2, 0) is 31.9 Å². The Bertz CT molecular complexity index is 1130. The molecule has 1 N–H and O–H groups in total. The third kappa shape index (κ3) is 5.79. The van der Waals surface area contributed by atoms with Gasteiger partial charge in [-0.15, -0.1) is 11.3 Å². The molecule has 172 valence electrons. The zero-order valence-corrected chi connectivity index (χ0v) is 19.6. The average Bonchev–Trinajstić information content (AvgIpc) is 3.37. The second-order valence-corrected chi connectivity index (χ2v) is 8.67. The molecule has 1 amide bonds. The highest BCUT2D eigenvalue weighted by Crippen LogP contribution is 2.39. The van der Waals surface area contributed by atoms with Gasteiger partial charge in [0.2, 0.25) is 0 Å². The molecule has 0 radical (unpaired) electrons. The highest BCUT2D eigenvalue weighted by Gasteiger charge is 2.28. The Morgan fingerprint density at radius 2 is 1.91 bits per heavy atom. The van der Waals surface area contributed by atoms with Crippen molar-refractivity contribution in [3.63, 3.8) is 0 Å². The van der Waals surface area contributed by atoms with Crippen LogP contribution in [0.5, 0.6) is 0 Å². The first-order valence-electron chi connectivity index (χ1n) is 10.5. The van der Waals surface area contributed by atoms with Gasteiger partial charge in [0.05, 0.1) is 12.2 Å². The predicted octanol–water partition coefficient (Wildman–Crippen LogP) is 3.57. The summed E-state index contributed by atoms with van der Waals surface area (Å²) in [7, 11) is 3.82. The summed E-state index contributed by atoms with van der Waals surface area (Å²) in [5.74, 6) is -1.97. The quantitative estimate of drug-likeness (QED) is 0.359. The lowest BCUT2D eigenvalue weighted by atomic mass is 10.1. The van der Waals surface area contributed by atoms with Crippen LogP contribution in [0.25, 0.3) is 6.08 Å². The molecular weight excluding hydrogens is 442 g/mol. The van der Waals surface area contributed by atoms with Crippen molar-refractivity contribution in [2.75, 3.05) is 37.5 Å². The van der Waals surface area contributed by atoms with Crippen molar-refractivity contribution >= 4 is 45.9 Å². The SMILES string of the molecule is CCOC(=O)c1c(NC(=O)COC(=O)C(C#N)=Cc2ccc(N(C)C)cc2)sc2c1CCC2. The molecule has 0 aliphatic heterocycles. The molecule has 1 aromatic carbocycles. The number of thiophene rings is 1. The number of aryl methyl sites for hydroxylation is 1. The molecule has 0 atom stereocenters. The van der Waals surface area contributed by atoms with Crippen molar-refractivity contribution in [1.82, 2.24) is 0 Å². The molecule has 0 saturated carbocycles. The van der Waals surface area contributed by atoms with E-state index in [-0.39, 0.29) is 12.2 Å². The van der Waals surface area contributed by atoms with Crippen molar-refractivity contribution in [3.05, 3.63) is 51.4 Å². The number of fused-ring (bicyclic) bond motifs is 1. The number of benzene rings is 1. The Morgan fingerprint density at radius 1 is 1.18 bits per heavy atom. The Balaban J connectivity index is 1.64. The predicted molar refractivity (Wildman–Crippen MR) is 126 cm³/mol. The number of nitrogens with zero attached hydrogens (tertiary/aromatic N) is 2. The van der Waals surface area contributed by atoms with Crippen molar-refractivity contribution in [1.29, 1.82) is 5.26 Å². The van der Waals surface area contributed by atoms with Crippen LogP contribution in [0.1, 0.15) is 39.7 Å². The summed E-state index contributed by atoms with van der Waals surface area (Å²) in [5, 5.41) is 12.4. The highest BCUT2D eigenvalue weighted by atomic mass is 32.1. The third-order valence-electron chi connectivity index (χ3n) is 5.05. The number of hydrogen-bond donors (Lipinski definition) is 1. The van der Waals surface area contributed by atoms with Gasteiger partial charge in [-0.25, -0.2) is 9.59 Å². The molecule has 2 aromatic rings. The number of carbonyl (C=O) groups excluding carboxylic acids is 3. The minimum absolute atomic E-state index is 0.220. The van der Waals surface area contributed by atoms with Crippen LogP contribution in [0.15, 0.2) is 29.8 Å². The maximum atomic E-state index is 12.4. The van der Waals surface area contributed by atoms with Crippen molar-refractivity contribution in [3.8, 4) is 6.07 Å². The number of nitrogens with one attached hydrogen (secondary N) is 1. The van der Waals surface area contributed by atoms with Crippen LogP contribution >= 0.6 is 11.3 Å². The molecule has 0 fully saturated rings. The summed E-state index contributed by atoms with van der Waals surface area (Å²) in [6.07, 6.45) is 3.97. The first-order valence-corrected chi connectivity index (χ1v) is 11.3. The fourth-order valence-electron chi connectivity index (χ4n) is 3.46. The average molecular weight is 468 g/mol. The van der Waals surface area contributed by atoms with Gasteiger partial charge in [-0.05, 0) is 55.5 Å². The van der Waals surface area contributed by atoms with E-state index in [1.54, 1.807) is 19.1 Å². The summed E-state index contributed by atoms with van der Waals surface area (Å²) >= 11 is 1.34. The van der Waals surface area contributed by atoms with Crippen LogP contribution in [0.3, 0.4) is 0 Å². The Morgan fingerprint density at radius 3 is 2.55 bits per heavy atom. The van der Waals surface area contributed by atoms with Crippen LogP contribution < -0.4 is 10.2 Å². The number of ether oxygens (including phenoxy) is 2. The van der Waals surface area contributed by atoms with Gasteiger partial charge in [0.25, 0.3) is 5.91 Å². The molecule has 3 rings (SSSR count). The van der Waals surface area contributed by atoms with Crippen LogP contribution in [0, 0.1) is 11.3 Å². The van der Waals surface area contributed by atoms with Gasteiger partial charge in [0, 0.05) is 24.7 Å². The number of carbonyl (C=O) groups is 3. The maximum absolute atomic E-state index is 12.4. The minimum Gasteiger partial charge on any atom is -0.462 e. The topological polar surface area (TPSA) is 109 Å². The number of rotatable bonds is 8. The van der Waals surface area contributed by atoms with Gasteiger partial charge in [0.15, 0.2) is 6.61 Å². The third-order valence-corrected chi connectivity index (χ3v) is 6.26. The Kier molecular flexibility index (Phi) is 7.85. The molecule has 0 spiro atoms. The number of amides is 1. The summed E-state index contributed by atoms with van der Waals surface area (Å²) in [6, 6.07) is 9.09. The van der Waals surface area contributed by atoms with E-state index in [4.69, 9.17) is 9.47 Å². The molecule has 1 aliphatic rings. The summed E-state index contributed by atoms with van der Waals surface area (Å²) < 4.78 is 10.2. The fourth-order valence-corrected chi connectivity index (χ4v) is 4.75. The van der Waals surface area contributed by atoms with Crippen LogP contribution in [0.4, 0.5) is 10.7 Å². The zero-order valence-electron chi connectivity index (χ0n) is 18.8. The number of anilines is 2. The van der Waals surface area contributed by atoms with Gasteiger partial charge in [-0.3, -0.25) is 4.79 Å². The number of nitriles is 1. The van der Waals surface area contributed by atoms with Crippen molar-refractivity contribution in [2.45, 2.75) is 26.2 Å². The second kappa shape index (κ2) is 10.8. The molecule has 1 aliphatic carbocycles. The van der Waals surface area contributed by atoms with E-state index in [0.29, 0.717) is 16.1 Å². The van der Waals surface area contributed by atoms with E-state index < -0.39 is 24.5 Å². The van der Waals surface area contributed by atoms with E-state index in [0.717, 1.165) is 35.4 Å². The van der Waals surface area contributed by atoms with E-state index >= 15 is 0 Å². The maximum Gasteiger partial charge on any atom is 0.349 e. The molecule has 1 aromatic heterocycles. The first kappa shape index (κ1) is 24.0. The van der Waals surface area contributed by atoms with Crippen molar-refractivity contribution in [2.24, 2.45) is 0 Å². The lowest BCUT2D eigenvalue weighted by Crippen LogP contribution is -2.22. The monoisotopic (exact) mass is 467 g/mol. The van der Waals surface area contributed by atoms with Gasteiger partial charge in [-0.2, -0.15) is 5.26 Å². The van der Waals surface area contributed by atoms with E-state index in [2.05, 4.69) is 5.32 Å². The summed E-state index contributed by atoms with van der Waals surface area (Å²) in [5.41, 5.74) is 2.72. The molecule has 0 unspecified atom stereocenters. The zero-order chi connectivity index (χ0) is 24.0. The van der Waals surface area contributed by atoms with Crippen LogP contribution in [-0.4, -0.2) is 45.2 Å². The normalized spacial score (nSPS) is 12.5. The minimum atomic E-state index is -0.899. The van der Waals surface area contributed by atoms with E-state index in [1.807, 2.05) is 37.2 Å². The lowest BCUT2D eigenvalue weighted by Gasteiger charge is -2.11. The second-order valence-electron chi connectivity index (χ2n) is 7.56.